The van der Waals surface area contributed by atoms with E-state index in [0.29, 0.717) is 5.92 Å². The zero-order valence-corrected chi connectivity index (χ0v) is 13.2. The molecule has 112 valence electrons. The van der Waals surface area contributed by atoms with E-state index in [1.54, 1.807) is 6.07 Å². The summed E-state index contributed by atoms with van der Waals surface area (Å²) in [5.41, 5.74) is 1.84. The van der Waals surface area contributed by atoms with Crippen molar-refractivity contribution in [2.24, 2.45) is 17.8 Å². The minimum atomic E-state index is -0.0535. The average molecular weight is 277 g/mol. The van der Waals surface area contributed by atoms with Gasteiger partial charge >= 0.3 is 0 Å². The highest BCUT2D eigenvalue weighted by molar-refractivity contribution is 5.27. The Morgan fingerprint density at radius 1 is 1.25 bits per heavy atom. The summed E-state index contributed by atoms with van der Waals surface area (Å²) >= 11 is 0. The second kappa shape index (κ2) is 6.71. The summed E-state index contributed by atoms with van der Waals surface area (Å²) in [4.78, 5) is 0. The Kier molecular flexibility index (Phi) is 5.20. The Morgan fingerprint density at radius 2 is 2.00 bits per heavy atom. The molecule has 1 aliphatic rings. The molecule has 1 aromatic carbocycles. The molecule has 1 fully saturated rings. The van der Waals surface area contributed by atoms with Crippen LogP contribution in [0.5, 0.6) is 0 Å². The van der Waals surface area contributed by atoms with Gasteiger partial charge in [0.1, 0.15) is 5.82 Å². The van der Waals surface area contributed by atoms with Gasteiger partial charge in [-0.3, -0.25) is 0 Å². The molecule has 0 bridgehead atoms. The quantitative estimate of drug-likeness (QED) is 0.829. The minimum absolute atomic E-state index is 0.0535. The van der Waals surface area contributed by atoms with Crippen LogP contribution < -0.4 is 5.32 Å². The lowest BCUT2D eigenvalue weighted by atomic mass is 9.72. The van der Waals surface area contributed by atoms with E-state index in [9.17, 15) is 4.39 Å². The van der Waals surface area contributed by atoms with Crippen LogP contribution in [0.1, 0.15) is 57.2 Å². The zero-order chi connectivity index (χ0) is 14.7. The monoisotopic (exact) mass is 277 g/mol. The molecule has 1 N–H and O–H groups in total. The third-order valence-electron chi connectivity index (χ3n) is 5.03. The molecule has 20 heavy (non-hydrogen) atoms. The maximum atomic E-state index is 14.3. The molecule has 0 aromatic heterocycles. The summed E-state index contributed by atoms with van der Waals surface area (Å²) in [5.74, 6) is 2.04. The van der Waals surface area contributed by atoms with Gasteiger partial charge in [-0.1, -0.05) is 39.3 Å². The molecule has 1 saturated carbocycles. The number of hydrogen-bond donors (Lipinski definition) is 1. The molecule has 4 unspecified atom stereocenters. The number of hydrogen-bond acceptors (Lipinski definition) is 1. The number of aryl methyl sites for hydroxylation is 1. The van der Waals surface area contributed by atoms with Gasteiger partial charge in [-0.2, -0.15) is 0 Å². The predicted molar refractivity (Wildman–Crippen MR) is 83.2 cm³/mol. The van der Waals surface area contributed by atoms with Crippen LogP contribution in [0.3, 0.4) is 0 Å². The van der Waals surface area contributed by atoms with E-state index < -0.39 is 0 Å². The molecule has 1 aliphatic carbocycles. The molecule has 0 saturated heterocycles. The smallest absolute Gasteiger partial charge is 0.128 e. The highest BCUT2D eigenvalue weighted by Crippen LogP contribution is 2.40. The molecule has 1 nitrogen and oxygen atoms in total. The van der Waals surface area contributed by atoms with Crippen molar-refractivity contribution in [3.63, 3.8) is 0 Å². The summed E-state index contributed by atoms with van der Waals surface area (Å²) in [6.45, 7) is 9.62. The van der Waals surface area contributed by atoms with Crippen molar-refractivity contribution in [3.05, 3.63) is 35.1 Å². The molecule has 1 aromatic rings. The second-order valence-corrected chi connectivity index (χ2v) is 6.59. The molecule has 2 heteroatoms. The van der Waals surface area contributed by atoms with Gasteiger partial charge in [0, 0.05) is 11.6 Å². The van der Waals surface area contributed by atoms with Gasteiger partial charge in [0.05, 0.1) is 0 Å². The third-order valence-corrected chi connectivity index (χ3v) is 5.03. The summed E-state index contributed by atoms with van der Waals surface area (Å²) < 4.78 is 14.3. The fourth-order valence-corrected chi connectivity index (χ4v) is 3.53. The first-order valence-corrected chi connectivity index (χ1v) is 8.02. The first-order chi connectivity index (χ1) is 9.52. The first kappa shape index (κ1) is 15.5. The van der Waals surface area contributed by atoms with Gasteiger partial charge in [0.25, 0.3) is 0 Å². The van der Waals surface area contributed by atoms with Crippen LogP contribution in [-0.4, -0.2) is 6.54 Å². The maximum absolute atomic E-state index is 14.3. The van der Waals surface area contributed by atoms with Crippen molar-refractivity contribution < 1.29 is 4.39 Å². The van der Waals surface area contributed by atoms with E-state index in [1.165, 1.54) is 19.3 Å². The van der Waals surface area contributed by atoms with Crippen molar-refractivity contribution in [1.29, 1.82) is 0 Å². The van der Waals surface area contributed by atoms with Gasteiger partial charge in [-0.25, -0.2) is 4.39 Å². The second-order valence-electron chi connectivity index (χ2n) is 6.59. The van der Waals surface area contributed by atoms with Crippen molar-refractivity contribution >= 4 is 0 Å². The Bertz CT molecular complexity index is 443. The van der Waals surface area contributed by atoms with E-state index >= 15 is 0 Å². The zero-order valence-electron chi connectivity index (χ0n) is 13.2. The van der Waals surface area contributed by atoms with Crippen molar-refractivity contribution in [2.75, 3.05) is 6.54 Å². The minimum Gasteiger partial charge on any atom is -0.310 e. The highest BCUT2D eigenvalue weighted by Gasteiger charge is 2.31. The molecule has 0 amide bonds. The molecule has 2 rings (SSSR count). The normalized spacial score (nSPS) is 28.4. The van der Waals surface area contributed by atoms with Gasteiger partial charge in [-0.15, -0.1) is 0 Å². The van der Waals surface area contributed by atoms with Crippen LogP contribution in [0.4, 0.5) is 4.39 Å². The highest BCUT2D eigenvalue weighted by atomic mass is 19.1. The van der Waals surface area contributed by atoms with E-state index in [4.69, 9.17) is 0 Å². The van der Waals surface area contributed by atoms with Crippen molar-refractivity contribution in [3.8, 4) is 0 Å². The van der Waals surface area contributed by atoms with Crippen LogP contribution in [0, 0.1) is 30.5 Å². The summed E-state index contributed by atoms with van der Waals surface area (Å²) in [6, 6.07) is 5.82. The first-order valence-electron chi connectivity index (χ1n) is 8.02. The number of nitrogens with one attached hydrogen (secondary N) is 1. The Morgan fingerprint density at radius 3 is 2.60 bits per heavy atom. The number of benzene rings is 1. The van der Waals surface area contributed by atoms with Gasteiger partial charge < -0.3 is 5.32 Å². The van der Waals surface area contributed by atoms with Crippen LogP contribution in [0.15, 0.2) is 18.2 Å². The lowest BCUT2D eigenvalue weighted by molar-refractivity contribution is 0.170. The molecular weight excluding hydrogens is 249 g/mol. The van der Waals surface area contributed by atoms with Gasteiger partial charge in [0.15, 0.2) is 0 Å². The topological polar surface area (TPSA) is 12.0 Å². The largest absolute Gasteiger partial charge is 0.310 e. The lowest BCUT2D eigenvalue weighted by Crippen LogP contribution is -2.33. The summed E-state index contributed by atoms with van der Waals surface area (Å²) in [6.07, 6.45) is 3.67. The Labute approximate surface area is 123 Å². The molecule has 4 atom stereocenters. The van der Waals surface area contributed by atoms with E-state index in [-0.39, 0.29) is 11.9 Å². The van der Waals surface area contributed by atoms with Gasteiger partial charge in [0.2, 0.25) is 0 Å². The molecule has 0 aliphatic heterocycles. The fraction of sp³-hybridized carbons (Fsp3) is 0.667. The SMILES string of the molecule is CCNC(c1ccc(C)cc1F)C1CCC(C)C(C)C1. The molecular formula is C18H28FN. The Balaban J connectivity index is 2.22. The molecule has 0 spiro atoms. The Hall–Kier alpha value is -0.890. The van der Waals surface area contributed by atoms with E-state index in [0.717, 1.165) is 29.5 Å². The van der Waals surface area contributed by atoms with Crippen LogP contribution in [0.2, 0.25) is 0 Å². The maximum Gasteiger partial charge on any atom is 0.128 e. The molecule has 0 heterocycles. The predicted octanol–water partition coefficient (Wildman–Crippen LogP) is 4.86. The van der Waals surface area contributed by atoms with Crippen molar-refractivity contribution in [1.82, 2.24) is 5.32 Å². The van der Waals surface area contributed by atoms with Crippen LogP contribution in [0.25, 0.3) is 0 Å². The number of rotatable bonds is 4. The fourth-order valence-electron chi connectivity index (χ4n) is 3.53. The van der Waals surface area contributed by atoms with E-state index in [1.807, 2.05) is 19.1 Å². The van der Waals surface area contributed by atoms with Gasteiger partial charge in [-0.05, 0) is 55.7 Å². The summed E-state index contributed by atoms with van der Waals surface area (Å²) in [5, 5.41) is 3.52. The van der Waals surface area contributed by atoms with Crippen molar-refractivity contribution in [2.45, 2.75) is 53.0 Å². The standard InChI is InChI=1S/C18H28FN/c1-5-20-18(15-8-7-13(3)14(4)11-15)16-9-6-12(2)10-17(16)19/h6,9-10,13-15,18,20H,5,7-8,11H2,1-4H3. The average Bonchev–Trinajstić information content (AvgIpc) is 2.40. The lowest BCUT2D eigenvalue weighted by Gasteiger charge is -2.37. The summed E-state index contributed by atoms with van der Waals surface area (Å²) in [7, 11) is 0. The van der Waals surface area contributed by atoms with Crippen LogP contribution >= 0.6 is 0 Å². The van der Waals surface area contributed by atoms with Crippen LogP contribution in [-0.2, 0) is 0 Å². The number of halogens is 1. The third kappa shape index (κ3) is 3.41. The van der Waals surface area contributed by atoms with E-state index in [2.05, 4.69) is 26.1 Å². The molecule has 0 radical (unpaired) electrons.